The van der Waals surface area contributed by atoms with E-state index in [9.17, 15) is 4.39 Å². The molecule has 0 unspecified atom stereocenters. The van der Waals surface area contributed by atoms with Gasteiger partial charge in [-0.15, -0.1) is 0 Å². The summed E-state index contributed by atoms with van der Waals surface area (Å²) in [4.78, 5) is 8.56. The van der Waals surface area contributed by atoms with Gasteiger partial charge in [-0.3, -0.25) is 15.4 Å². The summed E-state index contributed by atoms with van der Waals surface area (Å²) in [6, 6.07) is 4.88. The lowest BCUT2D eigenvalue weighted by Gasteiger charge is -2.18. The van der Waals surface area contributed by atoms with E-state index < -0.39 is 5.82 Å². The van der Waals surface area contributed by atoms with E-state index in [1.54, 1.807) is 18.5 Å². The molecular weight excluding hydrogens is 291 g/mol. The standard InChI is InChI=1S/C14H11FN4OS/c15-10-3-6-17-12-11(4-7-20-13(10)12)18-19-14(21)9-2-1-5-16-8-9/h1-3,5-6,8H,4,7H2,(H,19,21)/b18-11-. The summed E-state index contributed by atoms with van der Waals surface area (Å²) in [5.41, 5.74) is 4.57. The highest BCUT2D eigenvalue weighted by Gasteiger charge is 2.21. The van der Waals surface area contributed by atoms with E-state index >= 15 is 0 Å². The number of ether oxygens (including phenoxy) is 1. The Balaban J connectivity index is 1.83. The number of fused-ring (bicyclic) bond motifs is 1. The lowest BCUT2D eigenvalue weighted by atomic mass is 10.1. The summed E-state index contributed by atoms with van der Waals surface area (Å²) < 4.78 is 18.9. The van der Waals surface area contributed by atoms with Crippen molar-refractivity contribution in [3.05, 3.63) is 53.9 Å². The minimum absolute atomic E-state index is 0.136. The van der Waals surface area contributed by atoms with Gasteiger partial charge in [0, 0.05) is 30.6 Å². The number of hydrogen-bond donors (Lipinski definition) is 1. The number of aromatic nitrogens is 2. The van der Waals surface area contributed by atoms with Gasteiger partial charge in [0.2, 0.25) is 0 Å². The van der Waals surface area contributed by atoms with Gasteiger partial charge < -0.3 is 4.74 Å². The lowest BCUT2D eigenvalue weighted by Crippen LogP contribution is -2.24. The highest BCUT2D eigenvalue weighted by molar-refractivity contribution is 7.80. The van der Waals surface area contributed by atoms with E-state index in [-0.39, 0.29) is 5.75 Å². The minimum atomic E-state index is -0.442. The predicted molar refractivity (Wildman–Crippen MR) is 79.9 cm³/mol. The van der Waals surface area contributed by atoms with Crippen LogP contribution in [-0.4, -0.2) is 27.3 Å². The molecule has 21 heavy (non-hydrogen) atoms. The molecule has 0 saturated heterocycles. The Morgan fingerprint density at radius 1 is 1.38 bits per heavy atom. The molecule has 1 aliphatic rings. The predicted octanol–water partition coefficient (Wildman–Crippen LogP) is 2.07. The Morgan fingerprint density at radius 3 is 3.10 bits per heavy atom. The number of thiocarbonyl (C=S) groups is 1. The smallest absolute Gasteiger partial charge is 0.182 e. The molecule has 0 aliphatic carbocycles. The van der Waals surface area contributed by atoms with Gasteiger partial charge in [-0.1, -0.05) is 12.2 Å². The van der Waals surface area contributed by atoms with Crippen molar-refractivity contribution in [2.75, 3.05) is 6.61 Å². The van der Waals surface area contributed by atoms with Crippen LogP contribution in [0.4, 0.5) is 4.39 Å². The summed E-state index contributed by atoms with van der Waals surface area (Å²) in [6.45, 7) is 0.357. The van der Waals surface area contributed by atoms with E-state index in [4.69, 9.17) is 17.0 Å². The van der Waals surface area contributed by atoms with E-state index in [0.29, 0.717) is 29.4 Å². The SMILES string of the molecule is Fc1ccnc2c1OCC/C2=N/NC(=S)c1cccnc1. The summed E-state index contributed by atoms with van der Waals surface area (Å²) in [5, 5.41) is 4.23. The first-order valence-corrected chi connectivity index (χ1v) is 6.71. The Hall–Kier alpha value is -2.41. The molecule has 3 heterocycles. The van der Waals surface area contributed by atoms with Crippen molar-refractivity contribution in [1.82, 2.24) is 15.4 Å². The van der Waals surface area contributed by atoms with Crippen LogP contribution in [0.5, 0.6) is 5.75 Å². The number of hydrogen-bond acceptors (Lipinski definition) is 5. The molecule has 0 spiro atoms. The zero-order valence-electron chi connectivity index (χ0n) is 10.9. The average Bonchev–Trinajstić information content (AvgIpc) is 2.54. The lowest BCUT2D eigenvalue weighted by molar-refractivity contribution is 0.300. The van der Waals surface area contributed by atoms with Crippen LogP contribution in [0.3, 0.4) is 0 Å². The molecule has 1 aliphatic heterocycles. The maximum Gasteiger partial charge on any atom is 0.182 e. The topological polar surface area (TPSA) is 59.4 Å². The maximum absolute atomic E-state index is 13.6. The van der Waals surface area contributed by atoms with Crippen LogP contribution in [0.2, 0.25) is 0 Å². The number of hydrazone groups is 1. The fraction of sp³-hybridized carbons (Fsp3) is 0.143. The number of halogens is 1. The third kappa shape index (κ3) is 2.87. The Kier molecular flexibility index (Phi) is 3.83. The molecule has 0 saturated carbocycles. The van der Waals surface area contributed by atoms with Gasteiger partial charge in [0.15, 0.2) is 11.6 Å². The van der Waals surface area contributed by atoms with E-state index in [0.717, 1.165) is 5.56 Å². The molecule has 1 N–H and O–H groups in total. The van der Waals surface area contributed by atoms with Crippen molar-refractivity contribution in [2.24, 2.45) is 5.10 Å². The molecule has 5 nitrogen and oxygen atoms in total. The third-order valence-corrected chi connectivity index (χ3v) is 3.26. The highest BCUT2D eigenvalue weighted by atomic mass is 32.1. The van der Waals surface area contributed by atoms with Crippen molar-refractivity contribution in [3.63, 3.8) is 0 Å². The zero-order valence-corrected chi connectivity index (χ0v) is 11.7. The fourth-order valence-corrected chi connectivity index (χ4v) is 2.09. The van der Waals surface area contributed by atoms with Crippen LogP contribution in [0, 0.1) is 5.82 Å². The fourth-order valence-electron chi connectivity index (χ4n) is 1.92. The highest BCUT2D eigenvalue weighted by Crippen LogP contribution is 2.25. The van der Waals surface area contributed by atoms with E-state index in [2.05, 4.69) is 20.5 Å². The number of nitrogens with one attached hydrogen (secondary N) is 1. The van der Waals surface area contributed by atoms with Crippen molar-refractivity contribution in [2.45, 2.75) is 6.42 Å². The van der Waals surface area contributed by atoms with Crippen LogP contribution in [0.15, 0.2) is 41.9 Å². The largest absolute Gasteiger partial charge is 0.488 e. The van der Waals surface area contributed by atoms with E-state index in [1.165, 1.54) is 12.3 Å². The Bertz CT molecular complexity index is 705. The molecule has 0 amide bonds. The Morgan fingerprint density at radius 2 is 2.29 bits per heavy atom. The summed E-state index contributed by atoms with van der Waals surface area (Å²) >= 11 is 5.23. The first-order valence-electron chi connectivity index (χ1n) is 6.30. The van der Waals surface area contributed by atoms with Crippen LogP contribution >= 0.6 is 12.2 Å². The van der Waals surface area contributed by atoms with Crippen LogP contribution < -0.4 is 10.2 Å². The van der Waals surface area contributed by atoms with Crippen molar-refractivity contribution in [1.29, 1.82) is 0 Å². The molecule has 7 heteroatoms. The van der Waals surface area contributed by atoms with Crippen LogP contribution in [0.1, 0.15) is 17.7 Å². The summed E-state index contributed by atoms with van der Waals surface area (Å²) in [7, 11) is 0. The number of pyridine rings is 2. The molecule has 0 bridgehead atoms. The average molecular weight is 302 g/mol. The molecule has 3 rings (SSSR count). The van der Waals surface area contributed by atoms with Gasteiger partial charge in [0.1, 0.15) is 10.7 Å². The maximum atomic E-state index is 13.6. The third-order valence-electron chi connectivity index (χ3n) is 2.93. The van der Waals surface area contributed by atoms with Gasteiger partial charge >= 0.3 is 0 Å². The molecule has 2 aromatic heterocycles. The van der Waals surface area contributed by atoms with Crippen molar-refractivity contribution < 1.29 is 9.13 Å². The number of rotatable bonds is 2. The minimum Gasteiger partial charge on any atom is -0.488 e. The Labute approximate surface area is 125 Å². The molecule has 106 valence electrons. The summed E-state index contributed by atoms with van der Waals surface area (Å²) in [6.07, 6.45) is 5.23. The van der Waals surface area contributed by atoms with Crippen LogP contribution in [-0.2, 0) is 0 Å². The quantitative estimate of drug-likeness (QED) is 0.680. The van der Waals surface area contributed by atoms with Crippen molar-refractivity contribution >= 4 is 22.9 Å². The normalized spacial score (nSPS) is 15.2. The molecule has 2 aromatic rings. The molecule has 0 radical (unpaired) electrons. The van der Waals surface area contributed by atoms with Crippen molar-refractivity contribution in [3.8, 4) is 5.75 Å². The van der Waals surface area contributed by atoms with Gasteiger partial charge in [0.25, 0.3) is 0 Å². The van der Waals surface area contributed by atoms with Gasteiger partial charge in [-0.05, 0) is 18.2 Å². The number of nitrogens with zero attached hydrogens (tertiary/aromatic N) is 3. The second-order valence-corrected chi connectivity index (χ2v) is 4.72. The van der Waals surface area contributed by atoms with Gasteiger partial charge in [-0.2, -0.15) is 5.10 Å². The monoisotopic (exact) mass is 302 g/mol. The van der Waals surface area contributed by atoms with E-state index in [1.807, 2.05) is 6.07 Å². The van der Waals surface area contributed by atoms with Gasteiger partial charge in [0.05, 0.1) is 12.3 Å². The van der Waals surface area contributed by atoms with Gasteiger partial charge in [-0.25, -0.2) is 4.39 Å². The van der Waals surface area contributed by atoms with Crippen LogP contribution in [0.25, 0.3) is 0 Å². The second kappa shape index (κ2) is 5.92. The molecule has 0 aromatic carbocycles. The molecular formula is C14H11FN4OS. The zero-order chi connectivity index (χ0) is 14.7. The summed E-state index contributed by atoms with van der Waals surface area (Å²) in [5.74, 6) is -0.307. The first kappa shape index (κ1) is 13.6. The molecule has 0 fully saturated rings. The molecule has 0 atom stereocenters. The first-order chi connectivity index (χ1) is 10.3. The second-order valence-electron chi connectivity index (χ2n) is 4.31.